The fourth-order valence-corrected chi connectivity index (χ4v) is 4.13. The van der Waals surface area contributed by atoms with Crippen molar-refractivity contribution in [2.45, 2.75) is 25.5 Å². The second-order valence-corrected chi connectivity index (χ2v) is 7.81. The molecule has 1 aromatic carbocycles. The van der Waals surface area contributed by atoms with Crippen molar-refractivity contribution in [2.75, 3.05) is 13.2 Å². The lowest BCUT2D eigenvalue weighted by Gasteiger charge is -2.45. The van der Waals surface area contributed by atoms with E-state index in [1.54, 1.807) is 0 Å². The smallest absolute Gasteiger partial charge is 0.265 e. The first-order chi connectivity index (χ1) is 10.5. The number of morpholine rings is 1. The molecule has 1 amide bonds. The highest BCUT2D eigenvalue weighted by Crippen LogP contribution is 2.33. The lowest BCUT2D eigenvalue weighted by molar-refractivity contribution is -0.0845. The van der Waals surface area contributed by atoms with Gasteiger partial charge in [-0.2, -0.15) is 0 Å². The molecule has 1 atom stereocenters. The van der Waals surface area contributed by atoms with Crippen LogP contribution in [-0.2, 0) is 4.74 Å². The van der Waals surface area contributed by atoms with E-state index < -0.39 is 0 Å². The predicted octanol–water partition coefficient (Wildman–Crippen LogP) is 4.50. The van der Waals surface area contributed by atoms with Gasteiger partial charge in [0, 0.05) is 4.47 Å². The van der Waals surface area contributed by atoms with Gasteiger partial charge in [0.25, 0.3) is 5.91 Å². The van der Waals surface area contributed by atoms with Gasteiger partial charge in [-0.15, -0.1) is 11.3 Å². The number of benzene rings is 1. The van der Waals surface area contributed by atoms with E-state index in [0.29, 0.717) is 13.2 Å². The minimum absolute atomic E-state index is 0.0658. The zero-order valence-electron chi connectivity index (χ0n) is 12.6. The molecule has 3 nitrogen and oxygen atoms in total. The Morgan fingerprint density at radius 2 is 2.05 bits per heavy atom. The third kappa shape index (κ3) is 2.98. The van der Waals surface area contributed by atoms with Crippen molar-refractivity contribution >= 4 is 33.2 Å². The molecule has 0 radical (unpaired) electrons. The highest BCUT2D eigenvalue weighted by molar-refractivity contribution is 9.10. The van der Waals surface area contributed by atoms with Gasteiger partial charge in [-0.1, -0.05) is 30.3 Å². The molecule has 3 rings (SSSR count). The van der Waals surface area contributed by atoms with Gasteiger partial charge in [-0.05, 0) is 46.8 Å². The third-order valence-electron chi connectivity index (χ3n) is 3.94. The van der Waals surface area contributed by atoms with Gasteiger partial charge >= 0.3 is 0 Å². The standard InChI is InChI=1S/C17H18BrNO2S/c1-17(2)11-21-14(12-6-4-3-5-7-12)10-19(17)16(20)15-13(18)8-9-22-15/h3-9,14H,10-11H2,1-2H3. The molecule has 0 spiro atoms. The van der Waals surface area contributed by atoms with Crippen molar-refractivity contribution in [3.05, 3.63) is 56.7 Å². The Kier molecular flexibility index (Phi) is 4.39. The van der Waals surface area contributed by atoms with Gasteiger partial charge in [0.05, 0.1) is 18.7 Å². The third-order valence-corrected chi connectivity index (χ3v) is 5.77. The Morgan fingerprint density at radius 3 is 2.68 bits per heavy atom. The quantitative estimate of drug-likeness (QED) is 0.768. The van der Waals surface area contributed by atoms with Crippen LogP contribution in [0.25, 0.3) is 0 Å². The fourth-order valence-electron chi connectivity index (χ4n) is 2.64. The Labute approximate surface area is 143 Å². The summed E-state index contributed by atoms with van der Waals surface area (Å²) in [5.41, 5.74) is 0.798. The van der Waals surface area contributed by atoms with Crippen molar-refractivity contribution in [1.82, 2.24) is 4.90 Å². The van der Waals surface area contributed by atoms with Crippen LogP contribution in [0, 0.1) is 0 Å². The van der Waals surface area contributed by atoms with Crippen LogP contribution in [0.15, 0.2) is 46.3 Å². The number of carbonyl (C=O) groups is 1. The van der Waals surface area contributed by atoms with E-state index in [1.807, 2.05) is 60.5 Å². The SMILES string of the molecule is CC1(C)COC(c2ccccc2)CN1C(=O)c1sccc1Br. The van der Waals surface area contributed by atoms with Gasteiger partial charge in [0.15, 0.2) is 0 Å². The number of ether oxygens (including phenoxy) is 1. The molecular weight excluding hydrogens is 362 g/mol. The molecule has 22 heavy (non-hydrogen) atoms. The van der Waals surface area contributed by atoms with Gasteiger partial charge in [0.2, 0.25) is 0 Å². The Bertz CT molecular complexity index is 668. The van der Waals surface area contributed by atoms with Crippen molar-refractivity contribution < 1.29 is 9.53 Å². The lowest BCUT2D eigenvalue weighted by atomic mass is 9.98. The second-order valence-electron chi connectivity index (χ2n) is 6.04. The maximum Gasteiger partial charge on any atom is 0.265 e. The van der Waals surface area contributed by atoms with E-state index >= 15 is 0 Å². The van der Waals surface area contributed by atoms with Crippen molar-refractivity contribution in [3.63, 3.8) is 0 Å². The van der Waals surface area contributed by atoms with Crippen molar-refractivity contribution in [2.24, 2.45) is 0 Å². The monoisotopic (exact) mass is 379 g/mol. The summed E-state index contributed by atoms with van der Waals surface area (Å²) in [5.74, 6) is 0.0658. The fraction of sp³-hybridized carbons (Fsp3) is 0.353. The topological polar surface area (TPSA) is 29.5 Å². The van der Waals surface area contributed by atoms with E-state index in [9.17, 15) is 4.79 Å². The number of halogens is 1. The highest BCUT2D eigenvalue weighted by atomic mass is 79.9. The summed E-state index contributed by atoms with van der Waals surface area (Å²) < 4.78 is 6.87. The summed E-state index contributed by atoms with van der Waals surface area (Å²) in [6.07, 6.45) is -0.0723. The van der Waals surface area contributed by atoms with Crippen LogP contribution in [0.3, 0.4) is 0 Å². The molecule has 0 saturated carbocycles. The molecular formula is C17H18BrNO2S. The highest BCUT2D eigenvalue weighted by Gasteiger charge is 2.39. The summed E-state index contributed by atoms with van der Waals surface area (Å²) in [4.78, 5) is 15.6. The lowest BCUT2D eigenvalue weighted by Crippen LogP contribution is -2.56. The van der Waals surface area contributed by atoms with Crippen LogP contribution in [0.2, 0.25) is 0 Å². The van der Waals surface area contributed by atoms with Crippen LogP contribution in [0.1, 0.15) is 35.2 Å². The van der Waals surface area contributed by atoms with Crippen LogP contribution in [0.4, 0.5) is 0 Å². The molecule has 1 saturated heterocycles. The largest absolute Gasteiger partial charge is 0.369 e. The van der Waals surface area contributed by atoms with Gasteiger partial charge in [-0.25, -0.2) is 0 Å². The van der Waals surface area contributed by atoms with E-state index in [-0.39, 0.29) is 17.6 Å². The number of thiophene rings is 1. The number of nitrogens with zero attached hydrogens (tertiary/aromatic N) is 1. The average molecular weight is 380 g/mol. The van der Waals surface area contributed by atoms with Crippen LogP contribution >= 0.6 is 27.3 Å². The summed E-state index contributed by atoms with van der Waals surface area (Å²) >= 11 is 4.93. The maximum absolute atomic E-state index is 12.9. The first-order valence-electron chi connectivity index (χ1n) is 7.20. The zero-order valence-corrected chi connectivity index (χ0v) is 15.0. The Hall–Kier alpha value is -1.17. The van der Waals surface area contributed by atoms with E-state index in [1.165, 1.54) is 11.3 Å². The Balaban J connectivity index is 1.87. The second kappa shape index (κ2) is 6.14. The van der Waals surface area contributed by atoms with Crippen molar-refractivity contribution in [1.29, 1.82) is 0 Å². The molecule has 0 aliphatic carbocycles. The number of rotatable bonds is 2. The van der Waals surface area contributed by atoms with Gasteiger partial charge in [0.1, 0.15) is 11.0 Å². The molecule has 1 aromatic heterocycles. The minimum Gasteiger partial charge on any atom is -0.369 e. The summed E-state index contributed by atoms with van der Waals surface area (Å²) in [6, 6.07) is 12.0. The molecule has 1 aliphatic heterocycles. The number of amides is 1. The first kappa shape index (κ1) is 15.7. The molecule has 1 fully saturated rings. The molecule has 2 aromatic rings. The predicted molar refractivity (Wildman–Crippen MR) is 92.3 cm³/mol. The van der Waals surface area contributed by atoms with Gasteiger partial charge in [-0.3, -0.25) is 4.79 Å². The average Bonchev–Trinajstić information content (AvgIpc) is 2.93. The van der Waals surface area contributed by atoms with Crippen LogP contribution in [0.5, 0.6) is 0 Å². The summed E-state index contributed by atoms with van der Waals surface area (Å²) in [7, 11) is 0. The normalized spacial score (nSPS) is 20.9. The Morgan fingerprint density at radius 1 is 1.32 bits per heavy atom. The summed E-state index contributed by atoms with van der Waals surface area (Å²) in [6.45, 7) is 5.20. The molecule has 2 heterocycles. The van der Waals surface area contributed by atoms with Gasteiger partial charge < -0.3 is 9.64 Å². The molecule has 1 unspecified atom stereocenters. The van der Waals surface area contributed by atoms with E-state index in [4.69, 9.17) is 4.74 Å². The minimum atomic E-state index is -0.314. The zero-order chi connectivity index (χ0) is 15.7. The number of hydrogen-bond acceptors (Lipinski definition) is 3. The van der Waals surface area contributed by atoms with E-state index in [0.717, 1.165) is 14.9 Å². The molecule has 0 bridgehead atoms. The molecule has 116 valence electrons. The number of hydrogen-bond donors (Lipinski definition) is 0. The summed E-state index contributed by atoms with van der Waals surface area (Å²) in [5, 5.41) is 1.93. The first-order valence-corrected chi connectivity index (χ1v) is 8.88. The number of carbonyl (C=O) groups excluding carboxylic acids is 1. The van der Waals surface area contributed by atoms with Crippen LogP contribution in [-0.4, -0.2) is 29.5 Å². The van der Waals surface area contributed by atoms with E-state index in [2.05, 4.69) is 15.9 Å². The molecule has 5 heteroatoms. The molecule has 0 N–H and O–H groups in total. The molecule has 1 aliphatic rings. The van der Waals surface area contributed by atoms with Crippen LogP contribution < -0.4 is 0 Å². The maximum atomic E-state index is 12.9. The van der Waals surface area contributed by atoms with Crippen molar-refractivity contribution in [3.8, 4) is 0 Å².